The molecule has 0 saturated carbocycles. The number of hydrogen-bond donors (Lipinski definition) is 2. The lowest BCUT2D eigenvalue weighted by Gasteiger charge is -2.36. The summed E-state index contributed by atoms with van der Waals surface area (Å²) < 4.78 is 44.6. The van der Waals surface area contributed by atoms with Gasteiger partial charge in [0.05, 0.1) is 28.4 Å². The van der Waals surface area contributed by atoms with E-state index in [1.165, 1.54) is 0 Å². The van der Waals surface area contributed by atoms with Crippen LogP contribution in [0.5, 0.6) is 0 Å². The van der Waals surface area contributed by atoms with Gasteiger partial charge in [0.1, 0.15) is 0 Å². The molecule has 0 amide bonds. The molecule has 13 nitrogen and oxygen atoms in total. The average Bonchev–Trinajstić information content (AvgIpc) is 2.61. The van der Waals surface area contributed by atoms with Gasteiger partial charge in [-0.1, -0.05) is 0 Å². The van der Waals surface area contributed by atoms with Gasteiger partial charge in [-0.2, -0.15) is 0 Å². The molecule has 0 radical (unpaired) electrons. The van der Waals surface area contributed by atoms with E-state index in [1.54, 1.807) is 0 Å². The van der Waals surface area contributed by atoms with Gasteiger partial charge in [-0.15, -0.1) is 18.7 Å². The molecule has 1 aliphatic heterocycles. The minimum atomic E-state index is -4.79. The molecule has 0 spiro atoms. The molecule has 1 aliphatic rings. The Morgan fingerprint density at radius 3 is 1.62 bits per heavy atom. The Morgan fingerprint density at radius 1 is 0.885 bits per heavy atom. The van der Waals surface area contributed by atoms with Crippen molar-refractivity contribution in [2.45, 2.75) is 11.5 Å². The van der Waals surface area contributed by atoms with Crippen molar-refractivity contribution in [1.29, 1.82) is 0 Å². The van der Waals surface area contributed by atoms with Gasteiger partial charge in [0.2, 0.25) is 0 Å². The van der Waals surface area contributed by atoms with E-state index < -0.39 is 26.7 Å². The maximum absolute atomic E-state index is 13.1. The van der Waals surface area contributed by atoms with Gasteiger partial charge >= 0.3 is 15.2 Å². The Kier molecular flexibility index (Phi) is 10.3. The van der Waals surface area contributed by atoms with E-state index in [4.69, 9.17) is 0 Å². The third kappa shape index (κ3) is 5.52. The summed E-state index contributed by atoms with van der Waals surface area (Å²) >= 11 is 0. The molecule has 0 aromatic heterocycles. The molecule has 0 aromatic rings. The molecule has 0 unspecified atom stereocenters. The summed E-state index contributed by atoms with van der Waals surface area (Å²) in [5, 5.41) is 11.4. The molecule has 1 rings (SSSR count). The van der Waals surface area contributed by atoms with Crippen LogP contribution in [-0.4, -0.2) is 76.3 Å². The third-order valence-corrected chi connectivity index (χ3v) is 8.59. The third-order valence-electron chi connectivity index (χ3n) is 3.54. The molecule has 0 atom stereocenters. The van der Waals surface area contributed by atoms with Crippen LogP contribution in [0.1, 0.15) is 6.42 Å². The quantitative estimate of drug-likeness (QED) is 0.242. The lowest BCUT2D eigenvalue weighted by Crippen LogP contribution is -2.46. The first-order valence-electron chi connectivity index (χ1n) is 7.58. The van der Waals surface area contributed by atoms with Gasteiger partial charge in [0.15, 0.2) is 0 Å². The van der Waals surface area contributed by atoms with E-state index in [9.17, 15) is 14.2 Å². The summed E-state index contributed by atoms with van der Waals surface area (Å²) in [6, 6.07) is 0. The maximum Gasteiger partial charge on any atom is 0.428 e. The molecular weight excluding hydrogens is 398 g/mol. The second kappa shape index (κ2) is 11.1. The van der Waals surface area contributed by atoms with Crippen LogP contribution in [-0.2, 0) is 47.4 Å². The SMILES string of the molecule is COOP(=O)(OOC)C(O)(CCN1CCNCC1)P(=O)(OOC)OOC. The fourth-order valence-electron chi connectivity index (χ4n) is 2.32. The lowest BCUT2D eigenvalue weighted by molar-refractivity contribution is -0.264. The normalized spacial score (nSPS) is 17.6. The number of rotatable bonds is 13. The van der Waals surface area contributed by atoms with Crippen LogP contribution in [0.2, 0.25) is 0 Å². The first-order chi connectivity index (χ1) is 12.3. The van der Waals surface area contributed by atoms with E-state index in [0.29, 0.717) is 13.1 Å². The van der Waals surface area contributed by atoms with Crippen LogP contribution in [0.4, 0.5) is 0 Å². The standard InChI is InChI=1S/C11H26N2O11P2/c1-17-21-25(15,22-18-2)11(14,26(16,23-19-3)24-20-4)5-8-13-9-6-12-7-10-13/h12,14H,5-10H2,1-4H3. The monoisotopic (exact) mass is 424 g/mol. The topological polar surface area (TPSA) is 143 Å². The van der Waals surface area contributed by atoms with Gasteiger partial charge < -0.3 is 15.3 Å². The highest BCUT2D eigenvalue weighted by atomic mass is 31.2. The largest absolute Gasteiger partial charge is 0.428 e. The highest BCUT2D eigenvalue weighted by Gasteiger charge is 2.68. The first-order valence-corrected chi connectivity index (χ1v) is 10.7. The van der Waals surface area contributed by atoms with Crippen LogP contribution in [0.3, 0.4) is 0 Å². The zero-order valence-corrected chi connectivity index (χ0v) is 16.9. The second-order valence-corrected chi connectivity index (χ2v) is 9.49. The van der Waals surface area contributed by atoms with E-state index >= 15 is 0 Å². The Bertz CT molecular complexity index is 453. The van der Waals surface area contributed by atoms with Crippen molar-refractivity contribution in [1.82, 2.24) is 10.2 Å². The molecule has 0 bridgehead atoms. The Labute approximate surface area is 151 Å². The number of aliphatic hydroxyl groups is 1. The van der Waals surface area contributed by atoms with Crippen molar-refractivity contribution in [2.75, 3.05) is 61.2 Å². The molecule has 0 aromatic carbocycles. The van der Waals surface area contributed by atoms with E-state index in [0.717, 1.165) is 41.5 Å². The minimum Gasteiger partial charge on any atom is -0.367 e. The number of piperazine rings is 1. The van der Waals surface area contributed by atoms with Gasteiger partial charge in [-0.05, 0) is 0 Å². The summed E-state index contributed by atoms with van der Waals surface area (Å²) in [5.74, 6) is 0. The zero-order chi connectivity index (χ0) is 19.7. The lowest BCUT2D eigenvalue weighted by atomic mass is 10.3. The van der Waals surface area contributed by atoms with Crippen LogP contribution in [0, 0.1) is 0 Å². The van der Waals surface area contributed by atoms with Gasteiger partial charge in [0, 0.05) is 39.1 Å². The first kappa shape index (κ1) is 24.1. The van der Waals surface area contributed by atoms with Gasteiger partial charge in [-0.3, -0.25) is 9.13 Å². The highest BCUT2D eigenvalue weighted by Crippen LogP contribution is 2.78. The van der Waals surface area contributed by atoms with E-state index in [-0.39, 0.29) is 6.54 Å². The van der Waals surface area contributed by atoms with Crippen molar-refractivity contribution >= 4 is 15.2 Å². The van der Waals surface area contributed by atoms with Crippen molar-refractivity contribution in [3.8, 4) is 0 Å². The Balaban J connectivity index is 3.23. The van der Waals surface area contributed by atoms with Crippen LogP contribution in [0.25, 0.3) is 0 Å². The van der Waals surface area contributed by atoms with E-state index in [1.807, 2.05) is 4.90 Å². The Hall–Kier alpha value is 0.0200. The highest BCUT2D eigenvalue weighted by molar-refractivity contribution is 7.73. The molecular formula is C11H26N2O11P2. The Morgan fingerprint density at radius 2 is 1.27 bits per heavy atom. The summed E-state index contributed by atoms with van der Waals surface area (Å²) in [6.07, 6.45) is -0.430. The molecule has 1 saturated heterocycles. The van der Waals surface area contributed by atoms with E-state index in [2.05, 4.69) is 43.6 Å². The molecule has 26 heavy (non-hydrogen) atoms. The van der Waals surface area contributed by atoms with Crippen molar-refractivity contribution in [3.63, 3.8) is 0 Å². The predicted octanol–water partition coefficient (Wildman–Crippen LogP) is 0.626. The van der Waals surface area contributed by atoms with Crippen LogP contribution in [0.15, 0.2) is 0 Å². The summed E-state index contributed by atoms with van der Waals surface area (Å²) in [5.41, 5.74) is 0. The number of nitrogens with one attached hydrogen (secondary N) is 1. The maximum atomic E-state index is 13.1. The molecule has 0 aliphatic carbocycles. The fraction of sp³-hybridized carbons (Fsp3) is 1.00. The molecule has 156 valence electrons. The smallest absolute Gasteiger partial charge is 0.367 e. The zero-order valence-electron chi connectivity index (χ0n) is 15.1. The molecule has 15 heteroatoms. The summed E-state index contributed by atoms with van der Waals surface area (Å²) in [6.45, 7) is 2.89. The van der Waals surface area contributed by atoms with Crippen molar-refractivity contribution in [3.05, 3.63) is 0 Å². The summed E-state index contributed by atoms with van der Waals surface area (Å²) in [4.78, 5) is 19.5. The predicted molar refractivity (Wildman–Crippen MR) is 86.5 cm³/mol. The average molecular weight is 424 g/mol. The van der Waals surface area contributed by atoms with Crippen LogP contribution >= 0.6 is 15.2 Å². The summed E-state index contributed by atoms with van der Waals surface area (Å²) in [7, 11) is -5.53. The van der Waals surface area contributed by atoms with Crippen molar-refractivity contribution < 1.29 is 52.5 Å². The molecule has 1 fully saturated rings. The van der Waals surface area contributed by atoms with Crippen LogP contribution < -0.4 is 5.32 Å². The number of nitrogens with zero attached hydrogens (tertiary/aromatic N) is 1. The van der Waals surface area contributed by atoms with Gasteiger partial charge in [0.25, 0.3) is 5.08 Å². The fourth-order valence-corrected chi connectivity index (χ4v) is 5.98. The van der Waals surface area contributed by atoms with Crippen molar-refractivity contribution in [2.24, 2.45) is 0 Å². The molecule has 2 N–H and O–H groups in total. The number of hydrogen-bond acceptors (Lipinski definition) is 13. The molecule has 1 heterocycles. The second-order valence-electron chi connectivity index (χ2n) is 5.08. The minimum absolute atomic E-state index is 0.145. The van der Waals surface area contributed by atoms with Gasteiger partial charge in [-0.25, -0.2) is 19.6 Å².